The number of carbonyl (C=O) groups excluding carboxylic acids is 1. The van der Waals surface area contributed by atoms with E-state index in [2.05, 4.69) is 21.9 Å². The number of H-pyrrole nitrogens is 1. The van der Waals surface area contributed by atoms with Gasteiger partial charge in [0.1, 0.15) is 5.82 Å². The molecular weight excluding hydrogens is 214 g/mol. The minimum Gasteiger partial charge on any atom is -0.342 e. The molecule has 0 bridgehead atoms. The van der Waals surface area contributed by atoms with E-state index >= 15 is 0 Å². The van der Waals surface area contributed by atoms with Crippen molar-refractivity contribution in [2.75, 3.05) is 14.1 Å². The van der Waals surface area contributed by atoms with Crippen molar-refractivity contribution < 1.29 is 4.79 Å². The average molecular weight is 227 g/mol. The Bertz CT molecular complexity index is 629. The van der Waals surface area contributed by atoms with Crippen LogP contribution in [0.1, 0.15) is 16.2 Å². The summed E-state index contributed by atoms with van der Waals surface area (Å²) in [4.78, 5) is 20.8. The van der Waals surface area contributed by atoms with Gasteiger partial charge < -0.3 is 9.88 Å². The fourth-order valence-corrected chi connectivity index (χ4v) is 1.51. The highest BCUT2D eigenvalue weighted by Crippen LogP contribution is 2.13. The summed E-state index contributed by atoms with van der Waals surface area (Å²) in [5, 5.41) is 0. The third kappa shape index (κ3) is 2.45. The quantitative estimate of drug-likeness (QED) is 0.457. The summed E-state index contributed by atoms with van der Waals surface area (Å²) in [6.07, 6.45) is 0. The van der Waals surface area contributed by atoms with E-state index in [-0.39, 0.29) is 5.78 Å². The van der Waals surface area contributed by atoms with E-state index in [4.69, 9.17) is 0 Å². The van der Waals surface area contributed by atoms with Crippen LogP contribution in [0.2, 0.25) is 0 Å². The predicted octanol–water partition coefficient (Wildman–Crippen LogP) is 1.58. The topological polar surface area (TPSA) is 49.0 Å². The molecule has 0 aliphatic carbocycles. The molecule has 4 nitrogen and oxygen atoms in total. The number of ketones is 1. The minimum atomic E-state index is -0.187. The molecule has 0 aliphatic heterocycles. The van der Waals surface area contributed by atoms with Crippen molar-refractivity contribution in [3.63, 3.8) is 0 Å². The predicted molar refractivity (Wildman–Crippen MR) is 66.6 cm³/mol. The Morgan fingerprint density at radius 3 is 2.88 bits per heavy atom. The first kappa shape index (κ1) is 11.2. The van der Waals surface area contributed by atoms with Crippen molar-refractivity contribution in [3.05, 3.63) is 29.6 Å². The molecule has 4 heteroatoms. The van der Waals surface area contributed by atoms with Crippen molar-refractivity contribution in [2.45, 2.75) is 6.92 Å². The molecule has 0 atom stereocenters. The Morgan fingerprint density at radius 2 is 2.18 bits per heavy atom. The second kappa shape index (κ2) is 4.30. The molecule has 86 valence electrons. The number of hydrogen-bond donors (Lipinski definition) is 1. The van der Waals surface area contributed by atoms with E-state index in [0.717, 1.165) is 16.9 Å². The molecule has 0 saturated heterocycles. The number of fused-ring (bicyclic) bond motifs is 1. The smallest absolute Gasteiger partial charge is 0.237 e. The zero-order valence-corrected chi connectivity index (χ0v) is 10.0. The second-order valence-corrected chi connectivity index (χ2v) is 4.01. The van der Waals surface area contributed by atoms with Crippen LogP contribution < -0.4 is 0 Å². The van der Waals surface area contributed by atoms with Gasteiger partial charge in [-0.25, -0.2) is 4.98 Å². The highest BCUT2D eigenvalue weighted by atomic mass is 16.1. The molecule has 0 unspecified atom stereocenters. The Labute approximate surface area is 99.7 Å². The van der Waals surface area contributed by atoms with Gasteiger partial charge in [-0.15, -0.1) is 0 Å². The molecule has 1 heterocycles. The van der Waals surface area contributed by atoms with Gasteiger partial charge in [0.25, 0.3) is 0 Å². The Kier molecular flexibility index (Phi) is 2.84. The van der Waals surface area contributed by atoms with E-state index in [1.54, 1.807) is 31.1 Å². The molecule has 2 rings (SSSR count). The van der Waals surface area contributed by atoms with Gasteiger partial charge >= 0.3 is 0 Å². The lowest BCUT2D eigenvalue weighted by atomic mass is 10.1. The van der Waals surface area contributed by atoms with Crippen LogP contribution in [-0.4, -0.2) is 34.7 Å². The summed E-state index contributed by atoms with van der Waals surface area (Å²) in [6, 6.07) is 8.05. The maximum absolute atomic E-state index is 11.8. The van der Waals surface area contributed by atoms with Crippen LogP contribution in [0.25, 0.3) is 11.0 Å². The van der Waals surface area contributed by atoms with Gasteiger partial charge in [-0.3, -0.25) is 4.79 Å². The summed E-state index contributed by atoms with van der Waals surface area (Å²) in [7, 11) is 3.59. The maximum atomic E-state index is 11.8. The molecule has 0 fully saturated rings. The molecule has 0 radical (unpaired) electrons. The summed E-state index contributed by atoms with van der Waals surface area (Å²) < 4.78 is 0. The molecule has 0 saturated carbocycles. The molecule has 1 aromatic heterocycles. The number of Topliss-reactive ketones (excluding diaryl/α,β-unsaturated/α-hetero) is 1. The first-order chi connectivity index (χ1) is 8.06. The van der Waals surface area contributed by atoms with Crippen molar-refractivity contribution >= 4 is 16.8 Å². The van der Waals surface area contributed by atoms with E-state index < -0.39 is 0 Å². The minimum absolute atomic E-state index is 0.187. The number of hydrogen-bond acceptors (Lipinski definition) is 3. The van der Waals surface area contributed by atoms with Gasteiger partial charge in [-0.05, 0) is 31.0 Å². The molecule has 0 spiro atoms. The van der Waals surface area contributed by atoms with Crippen molar-refractivity contribution in [2.24, 2.45) is 0 Å². The Morgan fingerprint density at radius 1 is 1.41 bits per heavy atom. The monoisotopic (exact) mass is 227 g/mol. The Hall–Kier alpha value is -2.28. The number of aromatic amines is 1. The SMILES string of the molecule is Cc1nc2ccc(C(=O)C#CN(C)C)cc2[nH]1. The number of carbonyl (C=O) groups is 1. The number of aromatic nitrogens is 2. The summed E-state index contributed by atoms with van der Waals surface area (Å²) in [5.41, 5.74) is 2.30. The van der Waals surface area contributed by atoms with Crippen LogP contribution in [0.3, 0.4) is 0 Å². The largest absolute Gasteiger partial charge is 0.342 e. The van der Waals surface area contributed by atoms with Crippen LogP contribution >= 0.6 is 0 Å². The number of nitrogens with zero attached hydrogens (tertiary/aromatic N) is 2. The average Bonchev–Trinajstić information content (AvgIpc) is 2.64. The van der Waals surface area contributed by atoms with Crippen molar-refractivity contribution in [3.8, 4) is 12.0 Å². The lowest BCUT2D eigenvalue weighted by Gasteiger charge is -1.97. The first-order valence-corrected chi connectivity index (χ1v) is 5.26. The lowest BCUT2D eigenvalue weighted by Crippen LogP contribution is -2.03. The number of rotatable bonds is 1. The van der Waals surface area contributed by atoms with Crippen LogP contribution in [0.5, 0.6) is 0 Å². The normalized spacial score (nSPS) is 9.82. The number of nitrogens with one attached hydrogen (secondary N) is 1. The van der Waals surface area contributed by atoms with Crippen LogP contribution in [0.4, 0.5) is 0 Å². The number of benzene rings is 1. The van der Waals surface area contributed by atoms with E-state index in [9.17, 15) is 4.79 Å². The van der Waals surface area contributed by atoms with Gasteiger partial charge in [-0.1, -0.05) is 0 Å². The highest BCUT2D eigenvalue weighted by Gasteiger charge is 2.05. The molecule has 17 heavy (non-hydrogen) atoms. The third-order valence-electron chi connectivity index (χ3n) is 2.26. The van der Waals surface area contributed by atoms with E-state index in [1.165, 1.54) is 0 Å². The summed E-state index contributed by atoms with van der Waals surface area (Å²) >= 11 is 0. The second-order valence-electron chi connectivity index (χ2n) is 4.01. The van der Waals surface area contributed by atoms with Gasteiger partial charge in [-0.2, -0.15) is 0 Å². The zero-order valence-electron chi connectivity index (χ0n) is 10.0. The van der Waals surface area contributed by atoms with Gasteiger partial charge in [0.2, 0.25) is 5.78 Å². The van der Waals surface area contributed by atoms with Crippen molar-refractivity contribution in [1.29, 1.82) is 0 Å². The molecule has 1 N–H and O–H groups in total. The van der Waals surface area contributed by atoms with Crippen LogP contribution in [-0.2, 0) is 0 Å². The van der Waals surface area contributed by atoms with Gasteiger partial charge in [0.05, 0.1) is 11.0 Å². The Balaban J connectivity index is 2.37. The van der Waals surface area contributed by atoms with Crippen LogP contribution in [0, 0.1) is 18.9 Å². The number of imidazole rings is 1. The molecule has 1 aromatic carbocycles. The van der Waals surface area contributed by atoms with Gasteiger partial charge in [0.15, 0.2) is 0 Å². The summed E-state index contributed by atoms with van der Waals surface area (Å²) in [5.74, 6) is 3.22. The molecule has 2 aromatic rings. The van der Waals surface area contributed by atoms with Crippen LogP contribution in [0.15, 0.2) is 18.2 Å². The molecule has 0 amide bonds. The van der Waals surface area contributed by atoms with E-state index in [0.29, 0.717) is 5.56 Å². The highest BCUT2D eigenvalue weighted by molar-refractivity contribution is 6.10. The molecule has 0 aliphatic rings. The fourth-order valence-electron chi connectivity index (χ4n) is 1.51. The number of aryl methyl sites for hydroxylation is 1. The van der Waals surface area contributed by atoms with E-state index in [1.807, 2.05) is 13.0 Å². The molecular formula is C13H13N3O. The maximum Gasteiger partial charge on any atom is 0.237 e. The zero-order chi connectivity index (χ0) is 12.4. The van der Waals surface area contributed by atoms with Crippen molar-refractivity contribution in [1.82, 2.24) is 14.9 Å². The van der Waals surface area contributed by atoms with Gasteiger partial charge in [0, 0.05) is 25.7 Å². The summed E-state index contributed by atoms with van der Waals surface area (Å²) in [6.45, 7) is 1.88. The lowest BCUT2D eigenvalue weighted by molar-refractivity contribution is 0.105. The third-order valence-corrected chi connectivity index (χ3v) is 2.26. The first-order valence-electron chi connectivity index (χ1n) is 5.26. The standard InChI is InChI=1S/C13H13N3O/c1-9-14-11-5-4-10(8-12(11)15-9)13(17)6-7-16(2)3/h4-5,8H,1-3H3,(H,14,15). The fraction of sp³-hybridized carbons (Fsp3) is 0.231.